The van der Waals surface area contributed by atoms with Crippen LogP contribution in [0.15, 0.2) is 54.9 Å². The van der Waals surface area contributed by atoms with Gasteiger partial charge in [-0.2, -0.15) is 0 Å². The maximum Gasteiger partial charge on any atom is 0.415 e. The van der Waals surface area contributed by atoms with Crippen LogP contribution in [-0.4, -0.2) is 28.8 Å². The first-order chi connectivity index (χ1) is 18.6. The number of anilines is 1. The first-order valence-electron chi connectivity index (χ1n) is 13.7. The van der Waals surface area contributed by atoms with E-state index in [-0.39, 0.29) is 6.54 Å². The van der Waals surface area contributed by atoms with Crippen LogP contribution < -0.4 is 9.64 Å². The number of methoxy groups -OCH3 is 1. The van der Waals surface area contributed by atoms with Crippen molar-refractivity contribution >= 4 is 22.7 Å². The third-order valence-corrected chi connectivity index (χ3v) is 5.93. The van der Waals surface area contributed by atoms with Crippen LogP contribution in [0.5, 0.6) is 5.75 Å². The molecule has 2 aromatic heterocycles. The van der Waals surface area contributed by atoms with E-state index in [0.29, 0.717) is 0 Å². The molecule has 2 aromatic carbocycles. The van der Waals surface area contributed by atoms with Crippen molar-refractivity contribution in [3.05, 3.63) is 77.2 Å². The second-order valence-electron chi connectivity index (χ2n) is 9.95. The van der Waals surface area contributed by atoms with E-state index in [1.165, 1.54) is 0 Å². The molecular weight excluding hydrogens is 486 g/mol. The third-order valence-electron chi connectivity index (χ3n) is 5.93. The number of rotatable bonds is 5. The van der Waals surface area contributed by atoms with E-state index in [1.54, 1.807) is 18.2 Å². The lowest BCUT2D eigenvalue weighted by atomic mass is 10.0. The fourth-order valence-electron chi connectivity index (χ4n) is 4.27. The number of amides is 1. The Morgan fingerprint density at radius 1 is 0.949 bits per heavy atom. The lowest BCUT2D eigenvalue weighted by molar-refractivity contribution is 0.0577. The van der Waals surface area contributed by atoms with Crippen molar-refractivity contribution in [1.29, 1.82) is 0 Å². The maximum absolute atomic E-state index is 13.4. The fourth-order valence-corrected chi connectivity index (χ4v) is 4.27. The predicted octanol–water partition coefficient (Wildman–Crippen LogP) is 9.16. The van der Waals surface area contributed by atoms with E-state index in [0.717, 1.165) is 55.9 Å². The Kier molecular flexibility index (Phi) is 11.1. The summed E-state index contributed by atoms with van der Waals surface area (Å²) in [7, 11) is 1.65. The summed E-state index contributed by atoms with van der Waals surface area (Å²) in [6.45, 7) is 19.8. The second kappa shape index (κ2) is 13.8. The lowest BCUT2D eigenvalue weighted by Crippen LogP contribution is -2.37. The third kappa shape index (κ3) is 7.85. The van der Waals surface area contributed by atoms with Gasteiger partial charge < -0.3 is 14.5 Å². The number of aromatic nitrogens is 2. The van der Waals surface area contributed by atoms with E-state index in [1.807, 2.05) is 87.6 Å². The summed E-state index contributed by atoms with van der Waals surface area (Å²) in [5, 5.41) is 1.16. The number of ether oxygens (including phenoxy) is 2. The number of benzene rings is 2. The molecule has 39 heavy (non-hydrogen) atoms. The van der Waals surface area contributed by atoms with Crippen molar-refractivity contribution in [2.45, 2.75) is 81.4 Å². The summed E-state index contributed by atoms with van der Waals surface area (Å²) in [5.41, 5.74) is 6.95. The minimum absolute atomic E-state index is 0.260. The monoisotopic (exact) mass is 531 g/mol. The van der Waals surface area contributed by atoms with Crippen LogP contribution in [0, 0.1) is 20.8 Å². The van der Waals surface area contributed by atoms with Crippen LogP contribution in [-0.2, 0) is 11.3 Å². The Morgan fingerprint density at radius 2 is 1.64 bits per heavy atom. The van der Waals surface area contributed by atoms with Crippen molar-refractivity contribution in [3.8, 4) is 16.9 Å². The number of fused-ring (bicyclic) bond motifs is 1. The van der Waals surface area contributed by atoms with Crippen LogP contribution in [0.2, 0.25) is 0 Å². The number of hydrogen-bond acceptors (Lipinski definition) is 4. The summed E-state index contributed by atoms with van der Waals surface area (Å²) < 4.78 is 11.4. The van der Waals surface area contributed by atoms with Crippen LogP contribution in [0.3, 0.4) is 0 Å². The number of H-pyrrole nitrogens is 1. The molecule has 0 aliphatic carbocycles. The molecule has 0 aliphatic rings. The molecule has 0 aliphatic heterocycles. The minimum Gasteiger partial charge on any atom is -0.496 e. The van der Waals surface area contributed by atoms with Gasteiger partial charge >= 0.3 is 6.09 Å². The molecule has 4 aromatic rings. The number of nitrogens with one attached hydrogen (secondary N) is 1. The average molecular weight is 532 g/mol. The zero-order valence-corrected chi connectivity index (χ0v) is 25.5. The van der Waals surface area contributed by atoms with Crippen LogP contribution >= 0.6 is 0 Å². The van der Waals surface area contributed by atoms with E-state index in [9.17, 15) is 4.79 Å². The molecule has 0 saturated heterocycles. The molecule has 6 heteroatoms. The van der Waals surface area contributed by atoms with Gasteiger partial charge in [-0.25, -0.2) is 4.79 Å². The molecule has 1 N–H and O–H groups in total. The quantitative estimate of drug-likeness (QED) is 0.279. The molecule has 4 rings (SSSR count). The smallest absolute Gasteiger partial charge is 0.415 e. The zero-order chi connectivity index (χ0) is 29.3. The van der Waals surface area contributed by atoms with E-state index in [2.05, 4.69) is 40.3 Å². The molecule has 2 heterocycles. The number of carbonyl (C=O) groups excluding carboxylic acids is 1. The van der Waals surface area contributed by atoms with E-state index >= 15 is 0 Å². The standard InChI is InChI=1S/C29H33N3O3.2C2H6/c1-18-12-23(22-9-8-21-10-11-30-25(21)15-22)14-24(13-18)32(28(33)35-29(4,5)6)17-26-20(3)27(34-7)19(2)16-31-26;2*1-2/h8-16,30H,17H2,1-7H3;2*1-2H3. The van der Waals surface area contributed by atoms with Crippen molar-refractivity contribution in [1.82, 2.24) is 9.97 Å². The molecule has 0 unspecified atom stereocenters. The number of nitrogens with zero attached hydrogens (tertiary/aromatic N) is 2. The Morgan fingerprint density at radius 3 is 2.28 bits per heavy atom. The highest BCUT2D eigenvalue weighted by atomic mass is 16.6. The van der Waals surface area contributed by atoms with Gasteiger partial charge in [-0.3, -0.25) is 9.88 Å². The molecule has 0 radical (unpaired) electrons. The maximum atomic E-state index is 13.4. The first kappa shape index (κ1) is 31.4. The Labute approximate surface area is 234 Å². The summed E-state index contributed by atoms with van der Waals surface area (Å²) in [4.78, 5) is 23.0. The Bertz CT molecular complexity index is 1380. The van der Waals surface area contributed by atoms with Gasteiger partial charge in [0.25, 0.3) is 0 Å². The van der Waals surface area contributed by atoms with Crippen LogP contribution in [0.1, 0.15) is 70.9 Å². The molecule has 210 valence electrons. The van der Waals surface area contributed by atoms with E-state index in [4.69, 9.17) is 9.47 Å². The molecule has 1 amide bonds. The van der Waals surface area contributed by atoms with Gasteiger partial charge in [0.15, 0.2) is 0 Å². The molecule has 0 fully saturated rings. The van der Waals surface area contributed by atoms with E-state index < -0.39 is 11.7 Å². The number of aromatic amines is 1. The van der Waals surface area contributed by atoms with Crippen molar-refractivity contribution in [3.63, 3.8) is 0 Å². The van der Waals surface area contributed by atoms with Gasteiger partial charge in [-0.05, 0) is 87.9 Å². The highest BCUT2D eigenvalue weighted by Crippen LogP contribution is 2.32. The lowest BCUT2D eigenvalue weighted by Gasteiger charge is -2.28. The second-order valence-corrected chi connectivity index (χ2v) is 9.95. The Balaban J connectivity index is 0.00000127. The zero-order valence-electron chi connectivity index (χ0n) is 25.5. The fraction of sp³-hybridized carbons (Fsp3) is 0.394. The van der Waals surface area contributed by atoms with Gasteiger partial charge in [-0.1, -0.05) is 45.9 Å². The molecule has 0 atom stereocenters. The largest absolute Gasteiger partial charge is 0.496 e. The van der Waals surface area contributed by atoms with Gasteiger partial charge in [0.1, 0.15) is 11.4 Å². The van der Waals surface area contributed by atoms with Crippen molar-refractivity contribution < 1.29 is 14.3 Å². The van der Waals surface area contributed by atoms with Gasteiger partial charge in [0.05, 0.1) is 19.3 Å². The molecule has 0 bridgehead atoms. The first-order valence-corrected chi connectivity index (χ1v) is 13.7. The summed E-state index contributed by atoms with van der Waals surface area (Å²) in [6, 6.07) is 14.5. The van der Waals surface area contributed by atoms with Gasteiger partial charge in [0.2, 0.25) is 0 Å². The summed E-state index contributed by atoms with van der Waals surface area (Å²) in [5.74, 6) is 0.781. The van der Waals surface area contributed by atoms with Gasteiger partial charge in [-0.15, -0.1) is 0 Å². The molecule has 0 saturated carbocycles. The Hall–Kier alpha value is -3.80. The summed E-state index contributed by atoms with van der Waals surface area (Å²) >= 11 is 0. The number of pyridine rings is 1. The highest BCUT2D eigenvalue weighted by Gasteiger charge is 2.26. The SMILES string of the molecule is CC.CC.COc1c(C)cnc(CN(C(=O)OC(C)(C)C)c2cc(C)cc(-c3ccc4cc[nH]c4c3)c2)c1C. The van der Waals surface area contributed by atoms with Crippen LogP contribution in [0.25, 0.3) is 22.0 Å². The predicted molar refractivity (Wildman–Crippen MR) is 164 cm³/mol. The molecule has 0 spiro atoms. The minimum atomic E-state index is -0.631. The number of carbonyl (C=O) groups is 1. The van der Waals surface area contributed by atoms with Crippen LogP contribution in [0.4, 0.5) is 10.5 Å². The topological polar surface area (TPSA) is 67.4 Å². The average Bonchev–Trinajstić information content (AvgIpc) is 3.37. The number of hydrogen-bond donors (Lipinski definition) is 1. The van der Waals surface area contributed by atoms with Crippen molar-refractivity contribution in [2.75, 3.05) is 12.0 Å². The van der Waals surface area contributed by atoms with Crippen molar-refractivity contribution in [2.24, 2.45) is 0 Å². The van der Waals surface area contributed by atoms with Gasteiger partial charge in [0, 0.05) is 34.7 Å². The molecule has 6 nitrogen and oxygen atoms in total. The summed E-state index contributed by atoms with van der Waals surface area (Å²) in [6.07, 6.45) is 3.29. The normalized spacial score (nSPS) is 10.6. The molecular formula is C33H45N3O3. The highest BCUT2D eigenvalue weighted by molar-refractivity contribution is 5.90. The number of aryl methyl sites for hydroxylation is 2.